The maximum atomic E-state index is 12.3. The highest BCUT2D eigenvalue weighted by molar-refractivity contribution is 7.15. The molecule has 0 aliphatic carbocycles. The standard InChI is InChI=1S/C27H24ClN5O5S/c1-36-21-8-5-9-22(15-21)37-12-13-38-23-11-10-20(28)14-19(23)17-29-31-24(34)16-25-32-33-27(39-25)30-26(35)18-6-3-2-4-7-18/h2-11,14-15,17H,12-13,16H2,1H3,(H,31,34)(H,30,33,35)/b29-17+. The van der Waals surface area contributed by atoms with Gasteiger partial charge in [0.25, 0.3) is 5.91 Å². The maximum absolute atomic E-state index is 12.3. The molecule has 0 aliphatic rings. The second kappa shape index (κ2) is 13.9. The molecule has 0 spiro atoms. The first kappa shape index (κ1) is 27.6. The fraction of sp³-hybridized carbons (Fsp3) is 0.148. The van der Waals surface area contributed by atoms with Gasteiger partial charge in [0.05, 0.1) is 19.7 Å². The van der Waals surface area contributed by atoms with Crippen molar-refractivity contribution >= 4 is 46.1 Å². The molecule has 2 N–H and O–H groups in total. The van der Waals surface area contributed by atoms with Crippen molar-refractivity contribution in [3.05, 3.63) is 94.0 Å². The van der Waals surface area contributed by atoms with Gasteiger partial charge in [-0.15, -0.1) is 10.2 Å². The molecule has 0 atom stereocenters. The van der Waals surface area contributed by atoms with Gasteiger partial charge in [0.2, 0.25) is 11.0 Å². The normalized spacial score (nSPS) is 10.7. The quantitative estimate of drug-likeness (QED) is 0.146. The van der Waals surface area contributed by atoms with Gasteiger partial charge >= 0.3 is 0 Å². The Morgan fingerprint density at radius 2 is 1.77 bits per heavy atom. The molecule has 2 amide bonds. The average Bonchev–Trinajstić information content (AvgIpc) is 3.38. The van der Waals surface area contributed by atoms with Gasteiger partial charge in [-0.3, -0.25) is 14.9 Å². The highest BCUT2D eigenvalue weighted by atomic mass is 35.5. The summed E-state index contributed by atoms with van der Waals surface area (Å²) in [6.07, 6.45) is 1.38. The van der Waals surface area contributed by atoms with E-state index < -0.39 is 5.91 Å². The van der Waals surface area contributed by atoms with Crippen molar-refractivity contribution in [2.45, 2.75) is 6.42 Å². The van der Waals surface area contributed by atoms with E-state index >= 15 is 0 Å². The molecular formula is C27H24ClN5O5S. The van der Waals surface area contributed by atoms with E-state index in [0.29, 0.717) is 50.1 Å². The van der Waals surface area contributed by atoms with Crippen molar-refractivity contribution in [2.75, 3.05) is 25.6 Å². The van der Waals surface area contributed by atoms with Crippen LogP contribution in [0.15, 0.2) is 77.9 Å². The Balaban J connectivity index is 1.26. The number of benzene rings is 3. The number of hydrogen-bond donors (Lipinski definition) is 2. The molecule has 39 heavy (non-hydrogen) atoms. The predicted molar refractivity (Wildman–Crippen MR) is 149 cm³/mol. The van der Waals surface area contributed by atoms with Crippen LogP contribution in [-0.2, 0) is 11.2 Å². The largest absolute Gasteiger partial charge is 0.497 e. The second-order valence-corrected chi connectivity index (χ2v) is 9.35. The first-order valence-corrected chi connectivity index (χ1v) is 12.9. The fourth-order valence-electron chi connectivity index (χ4n) is 3.24. The number of hydrazone groups is 1. The minimum absolute atomic E-state index is 0.0588. The van der Waals surface area contributed by atoms with E-state index in [9.17, 15) is 9.59 Å². The molecule has 12 heteroatoms. The topological polar surface area (TPSA) is 124 Å². The first-order valence-electron chi connectivity index (χ1n) is 11.7. The van der Waals surface area contributed by atoms with Gasteiger partial charge in [-0.1, -0.05) is 47.2 Å². The summed E-state index contributed by atoms with van der Waals surface area (Å²) >= 11 is 7.23. The van der Waals surface area contributed by atoms with Crippen molar-refractivity contribution in [2.24, 2.45) is 5.10 Å². The number of carbonyl (C=O) groups is 2. The number of rotatable bonds is 12. The molecule has 10 nitrogen and oxygen atoms in total. The Kier molecular flexibility index (Phi) is 9.81. The molecule has 1 aromatic heterocycles. The van der Waals surface area contributed by atoms with E-state index in [0.717, 1.165) is 11.3 Å². The minimum Gasteiger partial charge on any atom is -0.497 e. The lowest BCUT2D eigenvalue weighted by Gasteiger charge is -2.11. The Hall–Kier alpha value is -4.48. The van der Waals surface area contributed by atoms with Gasteiger partial charge in [-0.05, 0) is 42.5 Å². The minimum atomic E-state index is -0.403. The number of methoxy groups -OCH3 is 1. The van der Waals surface area contributed by atoms with Crippen LogP contribution in [0.4, 0.5) is 5.13 Å². The van der Waals surface area contributed by atoms with Crippen molar-refractivity contribution in [1.82, 2.24) is 15.6 Å². The number of nitrogens with one attached hydrogen (secondary N) is 2. The van der Waals surface area contributed by atoms with Gasteiger partial charge in [0.1, 0.15) is 35.5 Å². The third-order valence-corrected chi connectivity index (χ3v) is 6.12. The Bertz CT molecular complexity index is 1450. The number of carbonyl (C=O) groups excluding carboxylic acids is 2. The zero-order chi connectivity index (χ0) is 27.5. The lowest BCUT2D eigenvalue weighted by molar-refractivity contribution is -0.120. The molecule has 3 aromatic carbocycles. The summed E-state index contributed by atoms with van der Waals surface area (Å²) in [4.78, 5) is 24.6. The molecular weight excluding hydrogens is 542 g/mol. The molecule has 0 saturated heterocycles. The number of aromatic nitrogens is 2. The molecule has 4 rings (SSSR count). The third-order valence-electron chi connectivity index (χ3n) is 5.05. The number of hydrogen-bond acceptors (Lipinski definition) is 9. The highest BCUT2D eigenvalue weighted by Gasteiger charge is 2.12. The molecule has 0 unspecified atom stereocenters. The lowest BCUT2D eigenvalue weighted by Crippen LogP contribution is -2.19. The zero-order valence-corrected chi connectivity index (χ0v) is 22.4. The number of ether oxygens (including phenoxy) is 3. The molecule has 0 saturated carbocycles. The molecule has 4 aromatic rings. The Morgan fingerprint density at radius 3 is 2.59 bits per heavy atom. The van der Waals surface area contributed by atoms with Crippen molar-refractivity contribution < 1.29 is 23.8 Å². The predicted octanol–water partition coefficient (Wildman–Crippen LogP) is 4.60. The summed E-state index contributed by atoms with van der Waals surface area (Å²) in [5, 5.41) is 15.8. The fourth-order valence-corrected chi connectivity index (χ4v) is 4.15. The summed E-state index contributed by atoms with van der Waals surface area (Å²) in [7, 11) is 1.59. The average molecular weight is 566 g/mol. The van der Waals surface area contributed by atoms with Crippen LogP contribution in [0, 0.1) is 0 Å². The third kappa shape index (κ3) is 8.52. The lowest BCUT2D eigenvalue weighted by atomic mass is 10.2. The summed E-state index contributed by atoms with van der Waals surface area (Å²) < 4.78 is 16.7. The summed E-state index contributed by atoms with van der Waals surface area (Å²) in [5.41, 5.74) is 3.52. The second-order valence-electron chi connectivity index (χ2n) is 7.85. The van der Waals surface area contributed by atoms with Crippen molar-refractivity contribution in [3.8, 4) is 17.2 Å². The van der Waals surface area contributed by atoms with Crippen LogP contribution >= 0.6 is 22.9 Å². The number of anilines is 1. The molecule has 0 aliphatic heterocycles. The molecule has 200 valence electrons. The zero-order valence-electron chi connectivity index (χ0n) is 20.8. The van der Waals surface area contributed by atoms with Gasteiger partial charge < -0.3 is 14.2 Å². The van der Waals surface area contributed by atoms with Crippen LogP contribution in [0.3, 0.4) is 0 Å². The van der Waals surface area contributed by atoms with Crippen LogP contribution in [0.25, 0.3) is 0 Å². The summed E-state index contributed by atoms with van der Waals surface area (Å²) in [6.45, 7) is 0.574. The van der Waals surface area contributed by atoms with Crippen LogP contribution in [0.2, 0.25) is 5.02 Å². The summed E-state index contributed by atoms with van der Waals surface area (Å²) in [5.74, 6) is 1.18. The van der Waals surface area contributed by atoms with Gasteiger partial charge in [0.15, 0.2) is 0 Å². The van der Waals surface area contributed by atoms with Gasteiger partial charge in [-0.25, -0.2) is 5.43 Å². The van der Waals surface area contributed by atoms with E-state index in [1.165, 1.54) is 6.21 Å². The first-order chi connectivity index (χ1) is 19.0. The number of nitrogens with zero attached hydrogens (tertiary/aromatic N) is 3. The maximum Gasteiger partial charge on any atom is 0.257 e. The molecule has 0 radical (unpaired) electrons. The number of amides is 2. The van der Waals surface area contributed by atoms with Crippen LogP contribution in [0.5, 0.6) is 17.2 Å². The molecule has 0 fully saturated rings. The Labute approximate surface area is 233 Å². The van der Waals surface area contributed by atoms with Crippen LogP contribution < -0.4 is 25.0 Å². The number of halogens is 1. The van der Waals surface area contributed by atoms with Gasteiger partial charge in [0, 0.05) is 22.2 Å². The van der Waals surface area contributed by atoms with Gasteiger partial charge in [-0.2, -0.15) is 5.10 Å². The van der Waals surface area contributed by atoms with E-state index in [1.807, 2.05) is 24.3 Å². The van der Waals surface area contributed by atoms with Crippen LogP contribution in [-0.4, -0.2) is 48.5 Å². The van der Waals surface area contributed by atoms with E-state index in [2.05, 4.69) is 26.0 Å². The van der Waals surface area contributed by atoms with E-state index in [4.69, 9.17) is 25.8 Å². The molecule has 1 heterocycles. The summed E-state index contributed by atoms with van der Waals surface area (Å²) in [6, 6.07) is 21.1. The SMILES string of the molecule is COc1cccc(OCCOc2ccc(Cl)cc2/C=N/NC(=O)Cc2nnc(NC(=O)c3ccccc3)s2)c1. The van der Waals surface area contributed by atoms with Crippen molar-refractivity contribution in [3.63, 3.8) is 0 Å². The van der Waals surface area contributed by atoms with Crippen molar-refractivity contribution in [1.29, 1.82) is 0 Å². The monoisotopic (exact) mass is 565 g/mol. The molecule has 0 bridgehead atoms. The highest BCUT2D eigenvalue weighted by Crippen LogP contribution is 2.22. The Morgan fingerprint density at radius 1 is 0.974 bits per heavy atom. The smallest absolute Gasteiger partial charge is 0.257 e. The van der Waals surface area contributed by atoms with E-state index in [-0.39, 0.29) is 18.9 Å². The van der Waals surface area contributed by atoms with Crippen LogP contribution in [0.1, 0.15) is 20.9 Å². The van der Waals surface area contributed by atoms with E-state index in [1.54, 1.807) is 55.6 Å².